The maximum absolute atomic E-state index is 12.4. The summed E-state index contributed by atoms with van der Waals surface area (Å²) in [6.45, 7) is 0.379. The number of amides is 3. The summed E-state index contributed by atoms with van der Waals surface area (Å²) < 4.78 is 4.64. The minimum atomic E-state index is -0.444. The fraction of sp³-hybridized carbons (Fsp3) is 0.0909. The van der Waals surface area contributed by atoms with E-state index in [2.05, 4.69) is 25.7 Å². The summed E-state index contributed by atoms with van der Waals surface area (Å²) in [6.07, 6.45) is 3.32. The van der Waals surface area contributed by atoms with E-state index in [0.29, 0.717) is 29.0 Å². The molecule has 1 heterocycles. The summed E-state index contributed by atoms with van der Waals surface area (Å²) in [5.41, 5.74) is 2.86. The smallest absolute Gasteiger partial charge is 0.337 e. The number of anilines is 2. The number of esters is 1. The molecule has 0 fully saturated rings. The molecule has 30 heavy (non-hydrogen) atoms. The molecule has 0 aliphatic heterocycles. The van der Waals surface area contributed by atoms with Gasteiger partial charge in [-0.1, -0.05) is 0 Å². The lowest BCUT2D eigenvalue weighted by molar-refractivity contribution is 0.0600. The number of hydrogen-bond donors (Lipinski definition) is 3. The van der Waals surface area contributed by atoms with Gasteiger partial charge in [0.25, 0.3) is 5.91 Å². The zero-order chi connectivity index (χ0) is 21.3. The van der Waals surface area contributed by atoms with E-state index in [1.54, 1.807) is 60.9 Å². The highest BCUT2D eigenvalue weighted by Crippen LogP contribution is 2.14. The maximum Gasteiger partial charge on any atom is 0.337 e. The van der Waals surface area contributed by atoms with E-state index >= 15 is 0 Å². The van der Waals surface area contributed by atoms with E-state index in [1.807, 2.05) is 12.1 Å². The number of carbonyl (C=O) groups excluding carboxylic acids is 3. The molecule has 0 saturated carbocycles. The molecule has 3 amide bonds. The third-order valence-corrected chi connectivity index (χ3v) is 4.17. The molecular weight excluding hydrogens is 384 g/mol. The number of rotatable bonds is 6. The first kappa shape index (κ1) is 20.5. The highest BCUT2D eigenvalue weighted by molar-refractivity contribution is 6.04. The van der Waals surface area contributed by atoms with Crippen molar-refractivity contribution in [2.24, 2.45) is 0 Å². The standard InChI is InChI=1S/C22H20N4O4/c1-30-21(28)17-4-8-18(9-5-17)25-20(27)16-2-6-19(7-3-16)26-22(29)24-14-15-10-12-23-13-11-15/h2-13H,14H2,1H3,(H,25,27)(H2,24,26,29). The Morgan fingerprint density at radius 1 is 0.800 bits per heavy atom. The number of ether oxygens (including phenoxy) is 1. The molecule has 3 aromatic rings. The first-order valence-corrected chi connectivity index (χ1v) is 9.09. The molecule has 0 bridgehead atoms. The second-order valence-corrected chi connectivity index (χ2v) is 6.26. The van der Waals surface area contributed by atoms with Crippen LogP contribution < -0.4 is 16.0 Å². The van der Waals surface area contributed by atoms with Gasteiger partial charge in [-0.3, -0.25) is 9.78 Å². The van der Waals surface area contributed by atoms with Crippen molar-refractivity contribution < 1.29 is 19.1 Å². The van der Waals surface area contributed by atoms with Crippen LogP contribution in [-0.2, 0) is 11.3 Å². The van der Waals surface area contributed by atoms with Crippen LogP contribution in [0, 0.1) is 0 Å². The van der Waals surface area contributed by atoms with Gasteiger partial charge in [0.05, 0.1) is 12.7 Å². The van der Waals surface area contributed by atoms with Crippen molar-refractivity contribution in [2.75, 3.05) is 17.7 Å². The first-order valence-electron chi connectivity index (χ1n) is 9.09. The second kappa shape index (κ2) is 9.83. The summed E-state index contributed by atoms with van der Waals surface area (Å²) in [4.78, 5) is 39.7. The van der Waals surface area contributed by atoms with Crippen molar-refractivity contribution in [3.63, 3.8) is 0 Å². The number of nitrogens with zero attached hydrogens (tertiary/aromatic N) is 1. The number of hydrogen-bond acceptors (Lipinski definition) is 5. The molecule has 3 N–H and O–H groups in total. The molecular formula is C22H20N4O4. The number of aromatic nitrogens is 1. The van der Waals surface area contributed by atoms with Gasteiger partial charge in [-0.25, -0.2) is 9.59 Å². The predicted octanol–water partition coefficient (Wildman–Crippen LogP) is 3.44. The Balaban J connectivity index is 1.52. The van der Waals surface area contributed by atoms with Crippen LogP contribution >= 0.6 is 0 Å². The molecule has 1 aromatic heterocycles. The van der Waals surface area contributed by atoms with E-state index < -0.39 is 5.97 Å². The third kappa shape index (κ3) is 5.65. The van der Waals surface area contributed by atoms with Crippen LogP contribution in [0.4, 0.5) is 16.2 Å². The van der Waals surface area contributed by atoms with Crippen LogP contribution in [0.15, 0.2) is 73.1 Å². The van der Waals surface area contributed by atoms with Gasteiger partial charge < -0.3 is 20.7 Å². The van der Waals surface area contributed by atoms with E-state index in [9.17, 15) is 14.4 Å². The number of pyridine rings is 1. The van der Waals surface area contributed by atoms with Crippen molar-refractivity contribution in [3.05, 3.63) is 89.7 Å². The van der Waals surface area contributed by atoms with Crippen molar-refractivity contribution in [1.82, 2.24) is 10.3 Å². The van der Waals surface area contributed by atoms with Crippen molar-refractivity contribution in [3.8, 4) is 0 Å². The van der Waals surface area contributed by atoms with Crippen molar-refractivity contribution >= 4 is 29.3 Å². The molecule has 0 radical (unpaired) electrons. The van der Waals surface area contributed by atoms with Crippen LogP contribution in [0.1, 0.15) is 26.3 Å². The first-order chi connectivity index (χ1) is 14.5. The summed E-state index contributed by atoms with van der Waals surface area (Å²) in [5.74, 6) is -0.754. The largest absolute Gasteiger partial charge is 0.465 e. The Bertz CT molecular complexity index is 1020. The van der Waals surface area contributed by atoms with Gasteiger partial charge in [0, 0.05) is 35.9 Å². The van der Waals surface area contributed by atoms with Crippen LogP contribution in [0.25, 0.3) is 0 Å². The maximum atomic E-state index is 12.4. The summed E-state index contributed by atoms with van der Waals surface area (Å²) in [6, 6.07) is 16.1. The summed E-state index contributed by atoms with van der Waals surface area (Å²) >= 11 is 0. The van der Waals surface area contributed by atoms with Crippen molar-refractivity contribution in [2.45, 2.75) is 6.54 Å². The zero-order valence-corrected chi connectivity index (χ0v) is 16.2. The fourth-order valence-electron chi connectivity index (χ4n) is 2.57. The average molecular weight is 404 g/mol. The van der Waals surface area contributed by atoms with E-state index in [4.69, 9.17) is 0 Å². The highest BCUT2D eigenvalue weighted by Gasteiger charge is 2.09. The summed E-state index contributed by atoms with van der Waals surface area (Å²) in [7, 11) is 1.31. The van der Waals surface area contributed by atoms with Gasteiger partial charge in [0.1, 0.15) is 0 Å². The van der Waals surface area contributed by atoms with Gasteiger partial charge >= 0.3 is 12.0 Å². The minimum Gasteiger partial charge on any atom is -0.465 e. The number of methoxy groups -OCH3 is 1. The van der Waals surface area contributed by atoms with Crippen LogP contribution in [0.2, 0.25) is 0 Å². The van der Waals surface area contributed by atoms with Crippen LogP contribution in [0.3, 0.4) is 0 Å². The third-order valence-electron chi connectivity index (χ3n) is 4.17. The molecule has 8 nitrogen and oxygen atoms in total. The summed E-state index contributed by atoms with van der Waals surface area (Å²) in [5, 5.41) is 8.20. The Kier molecular flexibility index (Phi) is 6.73. The fourth-order valence-corrected chi connectivity index (χ4v) is 2.57. The molecule has 8 heteroatoms. The minimum absolute atomic E-state index is 0.311. The normalized spacial score (nSPS) is 10.0. The monoisotopic (exact) mass is 404 g/mol. The Morgan fingerprint density at radius 2 is 1.37 bits per heavy atom. The van der Waals surface area contributed by atoms with Crippen LogP contribution in [0.5, 0.6) is 0 Å². The predicted molar refractivity (Wildman–Crippen MR) is 112 cm³/mol. The van der Waals surface area contributed by atoms with E-state index in [0.717, 1.165) is 5.56 Å². The molecule has 0 atom stereocenters. The van der Waals surface area contributed by atoms with Gasteiger partial charge in [0.15, 0.2) is 0 Å². The highest BCUT2D eigenvalue weighted by atomic mass is 16.5. The Labute approximate surface area is 173 Å². The molecule has 0 aliphatic rings. The molecule has 0 saturated heterocycles. The SMILES string of the molecule is COC(=O)c1ccc(NC(=O)c2ccc(NC(=O)NCc3ccncc3)cc2)cc1. The molecule has 3 rings (SSSR count). The number of carbonyl (C=O) groups is 3. The van der Waals surface area contributed by atoms with Crippen LogP contribution in [-0.4, -0.2) is 30.0 Å². The van der Waals surface area contributed by atoms with Crippen molar-refractivity contribution in [1.29, 1.82) is 0 Å². The molecule has 0 unspecified atom stereocenters. The number of nitrogens with one attached hydrogen (secondary N) is 3. The topological polar surface area (TPSA) is 109 Å². The number of urea groups is 1. The number of benzene rings is 2. The molecule has 0 aliphatic carbocycles. The van der Waals surface area contributed by atoms with Gasteiger partial charge in [0.2, 0.25) is 0 Å². The van der Waals surface area contributed by atoms with Gasteiger partial charge in [-0.2, -0.15) is 0 Å². The Hall–Kier alpha value is -4.20. The quantitative estimate of drug-likeness (QED) is 0.545. The van der Waals surface area contributed by atoms with Gasteiger partial charge in [-0.15, -0.1) is 0 Å². The molecule has 152 valence electrons. The van der Waals surface area contributed by atoms with E-state index in [-0.39, 0.29) is 11.9 Å². The zero-order valence-electron chi connectivity index (χ0n) is 16.2. The lowest BCUT2D eigenvalue weighted by Crippen LogP contribution is -2.28. The molecule has 0 spiro atoms. The van der Waals surface area contributed by atoms with Gasteiger partial charge in [-0.05, 0) is 66.2 Å². The Morgan fingerprint density at radius 3 is 1.97 bits per heavy atom. The molecule has 2 aromatic carbocycles. The van der Waals surface area contributed by atoms with E-state index in [1.165, 1.54) is 7.11 Å². The second-order valence-electron chi connectivity index (χ2n) is 6.26. The average Bonchev–Trinajstić information content (AvgIpc) is 2.79. The lowest BCUT2D eigenvalue weighted by Gasteiger charge is -2.09. The lowest BCUT2D eigenvalue weighted by atomic mass is 10.1.